The largest absolute Gasteiger partial charge is 0.462 e. The van der Waals surface area contributed by atoms with Crippen LogP contribution in [0, 0.1) is 12.8 Å². The quantitative estimate of drug-likeness (QED) is 0.834. The Kier molecular flexibility index (Phi) is 3.94. The van der Waals surface area contributed by atoms with Gasteiger partial charge in [0, 0.05) is 6.20 Å². The highest BCUT2D eigenvalue weighted by Gasteiger charge is 2.44. The van der Waals surface area contributed by atoms with Crippen LogP contribution in [0.5, 0.6) is 0 Å². The maximum Gasteiger partial charge on any atom is 0.341 e. The number of nitrogens with zero attached hydrogens (tertiary/aromatic N) is 3. The Balaban J connectivity index is 2.10. The monoisotopic (exact) mass is 279 g/mol. The van der Waals surface area contributed by atoms with Crippen LogP contribution in [0.4, 0.5) is 5.95 Å². The number of esters is 1. The lowest BCUT2D eigenvalue weighted by Gasteiger charge is -2.49. The molecule has 1 aromatic heterocycles. The Labute approximate surface area is 118 Å². The van der Waals surface area contributed by atoms with Crippen molar-refractivity contribution >= 4 is 11.9 Å². The molecule has 0 unspecified atom stereocenters. The highest BCUT2D eigenvalue weighted by molar-refractivity contribution is 5.90. The SMILES string of the molecule is CCOC(=O)c1cnc(N2CC(O)(C(C)C)C2)nc1C. The zero-order valence-electron chi connectivity index (χ0n) is 12.4. The van der Waals surface area contributed by atoms with Gasteiger partial charge in [0.1, 0.15) is 5.60 Å². The molecule has 0 atom stereocenters. The molecule has 0 saturated carbocycles. The van der Waals surface area contributed by atoms with Crippen LogP contribution in [-0.4, -0.2) is 46.3 Å². The summed E-state index contributed by atoms with van der Waals surface area (Å²) in [5.41, 5.74) is 0.306. The fourth-order valence-corrected chi connectivity index (χ4v) is 2.14. The fraction of sp³-hybridized carbons (Fsp3) is 0.643. The standard InChI is InChI=1S/C14H21N3O3/c1-5-20-12(18)11-6-15-13(16-10(11)4)17-7-14(19,8-17)9(2)3/h6,9,19H,5,7-8H2,1-4H3. The first-order chi connectivity index (χ1) is 9.37. The summed E-state index contributed by atoms with van der Waals surface area (Å²) in [4.78, 5) is 22.1. The summed E-state index contributed by atoms with van der Waals surface area (Å²) >= 11 is 0. The number of β-amino-alcohol motifs (C(OH)–C–C–N with tert-alkyl or cyclic N) is 1. The second kappa shape index (κ2) is 5.36. The van der Waals surface area contributed by atoms with Gasteiger partial charge in [0.15, 0.2) is 0 Å². The summed E-state index contributed by atoms with van der Waals surface area (Å²) in [6.07, 6.45) is 1.49. The Hall–Kier alpha value is -1.69. The van der Waals surface area contributed by atoms with Crippen LogP contribution in [0.15, 0.2) is 6.20 Å². The molecule has 0 bridgehead atoms. The number of aryl methyl sites for hydroxylation is 1. The number of carbonyl (C=O) groups is 1. The van der Waals surface area contributed by atoms with E-state index in [0.29, 0.717) is 36.9 Å². The van der Waals surface area contributed by atoms with E-state index >= 15 is 0 Å². The van der Waals surface area contributed by atoms with E-state index in [4.69, 9.17) is 4.74 Å². The lowest BCUT2D eigenvalue weighted by Crippen LogP contribution is -2.65. The number of hydrogen-bond acceptors (Lipinski definition) is 6. The lowest BCUT2D eigenvalue weighted by molar-refractivity contribution is -0.0309. The van der Waals surface area contributed by atoms with E-state index in [2.05, 4.69) is 9.97 Å². The molecule has 0 amide bonds. The zero-order chi connectivity index (χ0) is 14.9. The van der Waals surface area contributed by atoms with Crippen LogP contribution in [0.2, 0.25) is 0 Å². The van der Waals surface area contributed by atoms with Crippen molar-refractivity contribution in [3.63, 3.8) is 0 Å². The van der Waals surface area contributed by atoms with Crippen molar-refractivity contribution in [3.05, 3.63) is 17.5 Å². The third-order valence-electron chi connectivity index (χ3n) is 3.75. The molecule has 0 radical (unpaired) electrons. The van der Waals surface area contributed by atoms with Crippen LogP contribution < -0.4 is 4.90 Å². The molecule has 6 nitrogen and oxygen atoms in total. The summed E-state index contributed by atoms with van der Waals surface area (Å²) < 4.78 is 4.94. The topological polar surface area (TPSA) is 75.5 Å². The van der Waals surface area contributed by atoms with E-state index in [1.807, 2.05) is 18.7 Å². The molecule has 1 aromatic rings. The van der Waals surface area contributed by atoms with Crippen LogP contribution in [0.1, 0.15) is 36.8 Å². The number of hydrogen-bond donors (Lipinski definition) is 1. The van der Waals surface area contributed by atoms with Crippen molar-refractivity contribution in [1.29, 1.82) is 0 Å². The molecular weight excluding hydrogens is 258 g/mol. The van der Waals surface area contributed by atoms with Crippen LogP contribution >= 0.6 is 0 Å². The van der Waals surface area contributed by atoms with Crippen LogP contribution in [0.25, 0.3) is 0 Å². The van der Waals surface area contributed by atoms with Gasteiger partial charge in [-0.2, -0.15) is 0 Å². The van der Waals surface area contributed by atoms with Crippen molar-refractivity contribution in [1.82, 2.24) is 9.97 Å². The van der Waals surface area contributed by atoms with E-state index in [9.17, 15) is 9.90 Å². The molecule has 1 N–H and O–H groups in total. The van der Waals surface area contributed by atoms with Crippen LogP contribution in [0.3, 0.4) is 0 Å². The first kappa shape index (κ1) is 14.7. The minimum atomic E-state index is -0.670. The number of carbonyl (C=O) groups excluding carboxylic acids is 1. The predicted octanol–water partition coefficient (Wildman–Crippen LogP) is 1.17. The number of rotatable bonds is 4. The molecule has 2 heterocycles. The van der Waals surface area contributed by atoms with Gasteiger partial charge < -0.3 is 14.7 Å². The van der Waals surface area contributed by atoms with Gasteiger partial charge in [0.2, 0.25) is 5.95 Å². The first-order valence-electron chi connectivity index (χ1n) is 6.85. The smallest absolute Gasteiger partial charge is 0.341 e. The van der Waals surface area contributed by atoms with E-state index in [1.165, 1.54) is 6.20 Å². The van der Waals surface area contributed by atoms with E-state index in [1.54, 1.807) is 13.8 Å². The van der Waals surface area contributed by atoms with Gasteiger partial charge in [0.25, 0.3) is 0 Å². The summed E-state index contributed by atoms with van der Waals surface area (Å²) in [5, 5.41) is 10.2. The molecule has 1 fully saturated rings. The van der Waals surface area contributed by atoms with Crippen molar-refractivity contribution in [2.75, 3.05) is 24.6 Å². The van der Waals surface area contributed by atoms with Crippen molar-refractivity contribution in [2.45, 2.75) is 33.3 Å². The number of ether oxygens (including phenoxy) is 1. The van der Waals surface area contributed by atoms with Crippen molar-refractivity contribution in [2.24, 2.45) is 5.92 Å². The normalized spacial score (nSPS) is 17.0. The molecular formula is C14H21N3O3. The third-order valence-corrected chi connectivity index (χ3v) is 3.75. The van der Waals surface area contributed by atoms with E-state index in [0.717, 1.165) is 0 Å². The minimum Gasteiger partial charge on any atom is -0.462 e. The predicted molar refractivity (Wildman–Crippen MR) is 74.7 cm³/mol. The molecule has 6 heteroatoms. The van der Waals surface area contributed by atoms with E-state index in [-0.39, 0.29) is 5.92 Å². The van der Waals surface area contributed by atoms with E-state index < -0.39 is 11.6 Å². The average Bonchev–Trinajstić information content (AvgIpc) is 2.34. The van der Waals surface area contributed by atoms with Gasteiger partial charge in [-0.15, -0.1) is 0 Å². The zero-order valence-corrected chi connectivity index (χ0v) is 12.4. The molecule has 110 valence electrons. The fourth-order valence-electron chi connectivity index (χ4n) is 2.14. The second-order valence-electron chi connectivity index (χ2n) is 5.50. The third kappa shape index (κ3) is 2.60. The molecule has 0 spiro atoms. The molecule has 20 heavy (non-hydrogen) atoms. The minimum absolute atomic E-state index is 0.193. The van der Waals surface area contributed by atoms with Gasteiger partial charge in [-0.3, -0.25) is 0 Å². The summed E-state index contributed by atoms with van der Waals surface area (Å²) in [5.74, 6) is 0.332. The highest BCUT2D eigenvalue weighted by atomic mass is 16.5. The van der Waals surface area contributed by atoms with Crippen LogP contribution in [-0.2, 0) is 4.74 Å². The van der Waals surface area contributed by atoms with Gasteiger partial charge in [-0.25, -0.2) is 14.8 Å². The molecule has 0 aromatic carbocycles. The van der Waals surface area contributed by atoms with Gasteiger partial charge in [-0.1, -0.05) is 13.8 Å². The summed E-state index contributed by atoms with van der Waals surface area (Å²) in [6.45, 7) is 8.86. The number of aliphatic hydroxyl groups is 1. The molecule has 0 aliphatic carbocycles. The number of anilines is 1. The van der Waals surface area contributed by atoms with Gasteiger partial charge in [-0.05, 0) is 19.8 Å². The summed E-state index contributed by atoms with van der Waals surface area (Å²) in [7, 11) is 0. The molecule has 1 saturated heterocycles. The highest BCUT2D eigenvalue weighted by Crippen LogP contribution is 2.31. The number of aromatic nitrogens is 2. The maximum absolute atomic E-state index is 11.7. The second-order valence-corrected chi connectivity index (χ2v) is 5.50. The van der Waals surface area contributed by atoms with Gasteiger partial charge in [0.05, 0.1) is 31.0 Å². The van der Waals surface area contributed by atoms with Crippen molar-refractivity contribution < 1.29 is 14.6 Å². The summed E-state index contributed by atoms with van der Waals surface area (Å²) in [6, 6.07) is 0. The first-order valence-corrected chi connectivity index (χ1v) is 6.85. The molecule has 1 aliphatic rings. The average molecular weight is 279 g/mol. The molecule has 2 rings (SSSR count). The Morgan fingerprint density at radius 1 is 1.55 bits per heavy atom. The Bertz CT molecular complexity index is 510. The Morgan fingerprint density at radius 3 is 2.70 bits per heavy atom. The molecule has 1 aliphatic heterocycles. The lowest BCUT2D eigenvalue weighted by atomic mass is 9.83. The maximum atomic E-state index is 11.7. The Morgan fingerprint density at radius 2 is 2.20 bits per heavy atom. The van der Waals surface area contributed by atoms with Gasteiger partial charge >= 0.3 is 5.97 Å². The van der Waals surface area contributed by atoms with Crippen molar-refractivity contribution in [3.8, 4) is 0 Å².